The Balaban J connectivity index is 1.43. The van der Waals surface area contributed by atoms with Gasteiger partial charge in [0, 0.05) is 12.5 Å². The van der Waals surface area contributed by atoms with Gasteiger partial charge in [-0.2, -0.15) is 4.98 Å². The Morgan fingerprint density at radius 1 is 1.11 bits per heavy atom. The van der Waals surface area contributed by atoms with Gasteiger partial charge in [-0.15, -0.1) is 0 Å². The molecule has 6 heteroatoms. The number of amides is 1. The van der Waals surface area contributed by atoms with Gasteiger partial charge in [0.25, 0.3) is 5.91 Å². The number of nitrogens with zero attached hydrogens (tertiary/aromatic N) is 2. The van der Waals surface area contributed by atoms with Crippen LogP contribution in [0, 0.1) is 6.92 Å². The third-order valence-corrected chi connectivity index (χ3v) is 5.13. The summed E-state index contributed by atoms with van der Waals surface area (Å²) >= 11 is 0. The van der Waals surface area contributed by atoms with E-state index in [9.17, 15) is 4.79 Å². The molecule has 1 amide bonds. The van der Waals surface area contributed by atoms with Crippen molar-refractivity contribution < 1.29 is 14.1 Å². The molecule has 6 nitrogen and oxygen atoms in total. The molecule has 0 saturated heterocycles. The summed E-state index contributed by atoms with van der Waals surface area (Å²) in [6.07, 6.45) is 3.69. The van der Waals surface area contributed by atoms with E-state index in [1.165, 1.54) is 0 Å². The van der Waals surface area contributed by atoms with Crippen molar-refractivity contribution in [3.63, 3.8) is 0 Å². The van der Waals surface area contributed by atoms with Gasteiger partial charge in [0.1, 0.15) is 17.9 Å². The van der Waals surface area contributed by atoms with Crippen molar-refractivity contribution in [3.05, 3.63) is 77.4 Å². The summed E-state index contributed by atoms with van der Waals surface area (Å²) in [5.41, 5.74) is 1.14. The number of hydrogen-bond acceptors (Lipinski definition) is 5. The number of benzene rings is 2. The van der Waals surface area contributed by atoms with Gasteiger partial charge >= 0.3 is 0 Å². The molecule has 1 fully saturated rings. The van der Waals surface area contributed by atoms with Crippen molar-refractivity contribution in [1.29, 1.82) is 0 Å². The molecule has 28 heavy (non-hydrogen) atoms. The lowest BCUT2D eigenvalue weighted by Gasteiger charge is -2.26. The summed E-state index contributed by atoms with van der Waals surface area (Å²) in [7, 11) is 0. The minimum atomic E-state index is -0.544. The van der Waals surface area contributed by atoms with Crippen LogP contribution in [0.5, 0.6) is 5.75 Å². The number of carbonyl (C=O) groups excluding carboxylic acids is 1. The number of ether oxygens (including phenoxy) is 1. The summed E-state index contributed by atoms with van der Waals surface area (Å²) in [5, 5.41) is 7.21. The highest BCUT2D eigenvalue weighted by Crippen LogP contribution is 2.37. The van der Waals surface area contributed by atoms with Gasteiger partial charge in [-0.05, 0) is 42.7 Å². The monoisotopic (exact) mass is 377 g/mol. The van der Waals surface area contributed by atoms with Crippen LogP contribution in [0.1, 0.15) is 53.3 Å². The number of rotatable bonds is 6. The first kappa shape index (κ1) is 18.2. The number of hydrogen-bond donors (Lipinski definition) is 1. The van der Waals surface area contributed by atoms with Gasteiger partial charge in [0.2, 0.25) is 5.89 Å². The normalized spacial score (nSPS) is 15.3. The van der Waals surface area contributed by atoms with E-state index in [4.69, 9.17) is 9.26 Å². The summed E-state index contributed by atoms with van der Waals surface area (Å²) in [4.78, 5) is 17.2. The molecule has 1 aromatic heterocycles. The second kappa shape index (κ2) is 7.84. The Kier molecular flexibility index (Phi) is 5.10. The highest BCUT2D eigenvalue weighted by molar-refractivity contribution is 5.94. The molecule has 1 heterocycles. The fraction of sp³-hybridized carbons (Fsp3) is 0.318. The van der Waals surface area contributed by atoms with E-state index in [2.05, 4.69) is 15.5 Å². The van der Waals surface area contributed by atoms with Crippen LogP contribution in [0.2, 0.25) is 0 Å². The number of aromatic nitrogens is 2. The van der Waals surface area contributed by atoms with Gasteiger partial charge in [-0.3, -0.25) is 4.79 Å². The van der Waals surface area contributed by atoms with E-state index in [0.717, 1.165) is 37.0 Å². The van der Waals surface area contributed by atoms with Crippen molar-refractivity contribution in [3.8, 4) is 5.75 Å². The van der Waals surface area contributed by atoms with Crippen molar-refractivity contribution in [2.24, 2.45) is 0 Å². The summed E-state index contributed by atoms with van der Waals surface area (Å²) in [5.74, 6) is 1.66. The predicted octanol–water partition coefficient (Wildman–Crippen LogP) is 4.16. The molecule has 0 atom stereocenters. The van der Waals surface area contributed by atoms with E-state index >= 15 is 0 Å². The second-order valence-corrected chi connectivity index (χ2v) is 7.18. The zero-order chi connectivity index (χ0) is 19.4. The van der Waals surface area contributed by atoms with Gasteiger partial charge in [-0.1, -0.05) is 48.3 Å². The summed E-state index contributed by atoms with van der Waals surface area (Å²) in [6, 6.07) is 17.2. The highest BCUT2D eigenvalue weighted by Gasteiger charge is 2.41. The zero-order valence-electron chi connectivity index (χ0n) is 15.9. The Morgan fingerprint density at radius 2 is 1.82 bits per heavy atom. The number of aryl methyl sites for hydroxylation is 1. The van der Waals surface area contributed by atoms with Gasteiger partial charge in [-0.25, -0.2) is 0 Å². The molecule has 0 radical (unpaired) electrons. The standard InChI is InChI=1S/C22H23N3O3/c1-16-23-21(25-28-16)22(13-5-6-14-22)24-20(26)18-9-11-19(12-10-18)27-15-17-7-3-2-4-8-17/h2-4,7-12H,5-6,13-15H2,1H3,(H,24,26). The maximum absolute atomic E-state index is 12.8. The van der Waals surface area contributed by atoms with E-state index in [1.807, 2.05) is 42.5 Å². The van der Waals surface area contributed by atoms with E-state index < -0.39 is 5.54 Å². The molecule has 4 rings (SSSR count). The van der Waals surface area contributed by atoms with Crippen molar-refractivity contribution in [1.82, 2.24) is 15.5 Å². The summed E-state index contributed by atoms with van der Waals surface area (Å²) in [6.45, 7) is 2.25. The van der Waals surface area contributed by atoms with Crippen LogP contribution in [-0.4, -0.2) is 16.0 Å². The third-order valence-electron chi connectivity index (χ3n) is 5.13. The Labute approximate surface area is 163 Å². The Bertz CT molecular complexity index is 929. The lowest BCUT2D eigenvalue weighted by molar-refractivity contribution is 0.0892. The maximum Gasteiger partial charge on any atom is 0.252 e. The maximum atomic E-state index is 12.8. The Morgan fingerprint density at radius 3 is 2.46 bits per heavy atom. The molecular formula is C22H23N3O3. The molecule has 2 aromatic carbocycles. The topological polar surface area (TPSA) is 77.2 Å². The molecule has 0 bridgehead atoms. The highest BCUT2D eigenvalue weighted by atomic mass is 16.5. The first-order chi connectivity index (χ1) is 13.6. The fourth-order valence-corrected chi connectivity index (χ4v) is 3.61. The van der Waals surface area contributed by atoms with E-state index in [0.29, 0.717) is 23.9 Å². The second-order valence-electron chi connectivity index (χ2n) is 7.18. The number of nitrogens with one attached hydrogen (secondary N) is 1. The van der Waals surface area contributed by atoms with Gasteiger partial charge in [0.05, 0.1) is 0 Å². The molecule has 1 aliphatic rings. The van der Waals surface area contributed by atoms with Crippen LogP contribution in [-0.2, 0) is 12.1 Å². The smallest absolute Gasteiger partial charge is 0.252 e. The average Bonchev–Trinajstić information content (AvgIpc) is 3.37. The number of carbonyl (C=O) groups is 1. The van der Waals surface area contributed by atoms with Gasteiger partial charge < -0.3 is 14.6 Å². The quantitative estimate of drug-likeness (QED) is 0.698. The average molecular weight is 377 g/mol. The molecule has 0 unspecified atom stereocenters. The van der Waals surface area contributed by atoms with Crippen molar-refractivity contribution >= 4 is 5.91 Å². The first-order valence-electron chi connectivity index (χ1n) is 9.55. The third kappa shape index (κ3) is 3.91. The molecule has 0 aliphatic heterocycles. The van der Waals surface area contributed by atoms with Crippen LogP contribution >= 0.6 is 0 Å². The minimum Gasteiger partial charge on any atom is -0.489 e. The Hall–Kier alpha value is -3.15. The molecular weight excluding hydrogens is 354 g/mol. The fourth-order valence-electron chi connectivity index (χ4n) is 3.61. The van der Waals surface area contributed by atoms with Crippen molar-refractivity contribution in [2.45, 2.75) is 44.8 Å². The first-order valence-corrected chi connectivity index (χ1v) is 9.55. The van der Waals surface area contributed by atoms with Crippen LogP contribution < -0.4 is 10.1 Å². The van der Waals surface area contributed by atoms with Crippen LogP contribution in [0.25, 0.3) is 0 Å². The largest absolute Gasteiger partial charge is 0.489 e. The summed E-state index contributed by atoms with van der Waals surface area (Å²) < 4.78 is 10.9. The van der Waals surface area contributed by atoms with Crippen molar-refractivity contribution in [2.75, 3.05) is 0 Å². The lowest BCUT2D eigenvalue weighted by Crippen LogP contribution is -2.44. The lowest BCUT2D eigenvalue weighted by atomic mass is 9.96. The molecule has 1 N–H and O–H groups in total. The predicted molar refractivity (Wildman–Crippen MR) is 104 cm³/mol. The van der Waals surface area contributed by atoms with Crippen LogP contribution in [0.4, 0.5) is 0 Å². The molecule has 3 aromatic rings. The SMILES string of the molecule is Cc1nc(C2(NC(=O)c3ccc(OCc4ccccc4)cc3)CCCC2)no1. The molecule has 0 spiro atoms. The minimum absolute atomic E-state index is 0.140. The zero-order valence-corrected chi connectivity index (χ0v) is 15.9. The van der Waals surface area contributed by atoms with Crippen LogP contribution in [0.3, 0.4) is 0 Å². The molecule has 1 aliphatic carbocycles. The molecule has 1 saturated carbocycles. The molecule has 144 valence electrons. The van der Waals surface area contributed by atoms with Crippen LogP contribution in [0.15, 0.2) is 59.1 Å². The van der Waals surface area contributed by atoms with E-state index in [-0.39, 0.29) is 5.91 Å². The van der Waals surface area contributed by atoms with E-state index in [1.54, 1.807) is 19.1 Å². The van der Waals surface area contributed by atoms with Gasteiger partial charge in [0.15, 0.2) is 5.82 Å².